The fourth-order valence-corrected chi connectivity index (χ4v) is 3.20. The lowest BCUT2D eigenvalue weighted by atomic mass is 9.86. The van der Waals surface area contributed by atoms with Crippen LogP contribution < -0.4 is 0 Å². The molecule has 2 aromatic rings. The maximum Gasteiger partial charge on any atom is 0.435 e. The molecule has 0 aliphatic carbocycles. The molecule has 2 rings (SSSR count). The van der Waals surface area contributed by atoms with Crippen LogP contribution in [0.2, 0.25) is 0 Å². The van der Waals surface area contributed by atoms with E-state index in [2.05, 4.69) is 22.0 Å². The fraction of sp³-hybridized carbons (Fsp3) is 0.250. The minimum absolute atomic E-state index is 0.168. The molecular weight excluding hydrogens is 451 g/mol. The van der Waals surface area contributed by atoms with Crippen molar-refractivity contribution in [1.29, 1.82) is 0 Å². The first-order valence-corrected chi connectivity index (χ1v) is 7.79. The van der Waals surface area contributed by atoms with Crippen molar-refractivity contribution in [3.05, 3.63) is 62.1 Å². The SMILES string of the molecule is Cc1[c]c(Br)c(-c2ccc([N+](=O)[O-])cc2)c(C(F)(C(F)(F)F)C(F)(F)F)c1. The fourth-order valence-electron chi connectivity index (χ4n) is 2.45. The molecule has 0 atom stereocenters. The van der Waals surface area contributed by atoms with Crippen molar-refractivity contribution in [2.75, 3.05) is 0 Å². The van der Waals surface area contributed by atoms with E-state index < -0.39 is 39.8 Å². The highest BCUT2D eigenvalue weighted by Crippen LogP contribution is 2.56. The van der Waals surface area contributed by atoms with E-state index in [1.165, 1.54) is 0 Å². The van der Waals surface area contributed by atoms with Gasteiger partial charge in [-0.05, 0) is 46.1 Å². The van der Waals surface area contributed by atoms with Crippen molar-refractivity contribution in [1.82, 2.24) is 0 Å². The Hall–Kier alpha value is -2.17. The van der Waals surface area contributed by atoms with E-state index in [0.29, 0.717) is 6.07 Å². The first kappa shape index (κ1) is 21.1. The Balaban J connectivity index is 2.87. The molecular formula is C16H8BrF7NO2. The monoisotopic (exact) mass is 458 g/mol. The van der Waals surface area contributed by atoms with Gasteiger partial charge in [0.1, 0.15) is 0 Å². The van der Waals surface area contributed by atoms with E-state index in [1.807, 2.05) is 0 Å². The summed E-state index contributed by atoms with van der Waals surface area (Å²) >= 11 is 2.82. The Labute approximate surface area is 156 Å². The summed E-state index contributed by atoms with van der Waals surface area (Å²) in [6, 6.07) is 6.50. The summed E-state index contributed by atoms with van der Waals surface area (Å²) < 4.78 is 93.5. The number of hydrogen-bond acceptors (Lipinski definition) is 2. The van der Waals surface area contributed by atoms with E-state index in [0.717, 1.165) is 31.2 Å². The second kappa shape index (κ2) is 6.77. The van der Waals surface area contributed by atoms with Crippen molar-refractivity contribution in [3.63, 3.8) is 0 Å². The predicted molar refractivity (Wildman–Crippen MR) is 84.7 cm³/mol. The molecule has 0 N–H and O–H groups in total. The van der Waals surface area contributed by atoms with Crippen LogP contribution >= 0.6 is 15.9 Å². The van der Waals surface area contributed by atoms with Crippen LogP contribution in [0.4, 0.5) is 36.4 Å². The van der Waals surface area contributed by atoms with Gasteiger partial charge in [-0.1, -0.05) is 6.07 Å². The highest BCUT2D eigenvalue weighted by Gasteiger charge is 2.74. The van der Waals surface area contributed by atoms with Gasteiger partial charge in [0.05, 0.1) is 4.92 Å². The van der Waals surface area contributed by atoms with Crippen LogP contribution in [0.5, 0.6) is 0 Å². The molecule has 0 saturated carbocycles. The van der Waals surface area contributed by atoms with Gasteiger partial charge in [0, 0.05) is 33.8 Å². The number of nitrogens with zero attached hydrogens (tertiary/aromatic N) is 1. The number of non-ortho nitro benzene ring substituents is 1. The molecule has 0 spiro atoms. The number of halogens is 8. The second-order valence-electron chi connectivity index (χ2n) is 5.51. The maximum absolute atomic E-state index is 14.7. The van der Waals surface area contributed by atoms with Crippen LogP contribution in [0.1, 0.15) is 11.1 Å². The summed E-state index contributed by atoms with van der Waals surface area (Å²) in [7, 11) is 0. The van der Waals surface area contributed by atoms with E-state index in [4.69, 9.17) is 0 Å². The summed E-state index contributed by atoms with van der Waals surface area (Å²) in [6.45, 7) is 1.15. The minimum atomic E-state index is -6.30. The summed E-state index contributed by atoms with van der Waals surface area (Å²) in [5.41, 5.74) is -8.98. The van der Waals surface area contributed by atoms with Crippen LogP contribution in [-0.2, 0) is 5.67 Å². The molecule has 11 heteroatoms. The molecule has 27 heavy (non-hydrogen) atoms. The van der Waals surface area contributed by atoms with E-state index >= 15 is 0 Å². The lowest BCUT2D eigenvalue weighted by Gasteiger charge is -2.32. The molecule has 1 radical (unpaired) electrons. The molecule has 2 aromatic carbocycles. The van der Waals surface area contributed by atoms with Crippen LogP contribution in [0, 0.1) is 23.1 Å². The third-order valence-electron chi connectivity index (χ3n) is 3.68. The zero-order valence-electron chi connectivity index (χ0n) is 13.2. The smallest absolute Gasteiger partial charge is 0.258 e. The summed E-state index contributed by atoms with van der Waals surface area (Å²) in [6.07, 6.45) is -12.6. The van der Waals surface area contributed by atoms with Crippen molar-refractivity contribution < 1.29 is 35.7 Å². The van der Waals surface area contributed by atoms with E-state index in [1.54, 1.807) is 0 Å². The normalized spacial score (nSPS) is 12.9. The Morgan fingerprint density at radius 2 is 1.48 bits per heavy atom. The molecule has 0 amide bonds. The molecule has 0 bridgehead atoms. The van der Waals surface area contributed by atoms with Crippen molar-refractivity contribution in [2.24, 2.45) is 0 Å². The average Bonchev–Trinajstić information content (AvgIpc) is 2.51. The maximum atomic E-state index is 14.7. The van der Waals surface area contributed by atoms with Crippen LogP contribution in [0.25, 0.3) is 11.1 Å². The van der Waals surface area contributed by atoms with Gasteiger partial charge >= 0.3 is 18.0 Å². The Kier molecular flexibility index (Phi) is 5.30. The van der Waals surface area contributed by atoms with Crippen LogP contribution in [0.3, 0.4) is 0 Å². The molecule has 0 aliphatic rings. The topological polar surface area (TPSA) is 43.1 Å². The largest absolute Gasteiger partial charge is 0.435 e. The zero-order valence-corrected chi connectivity index (χ0v) is 14.8. The summed E-state index contributed by atoms with van der Waals surface area (Å²) in [5.74, 6) is 0. The molecule has 0 aromatic heterocycles. The lowest BCUT2D eigenvalue weighted by molar-refractivity contribution is -0.384. The van der Waals surface area contributed by atoms with Crippen molar-refractivity contribution >= 4 is 21.6 Å². The molecule has 0 aliphatic heterocycles. The Morgan fingerprint density at radius 3 is 1.89 bits per heavy atom. The number of nitro groups is 1. The number of benzene rings is 2. The van der Waals surface area contributed by atoms with Gasteiger partial charge in [0.15, 0.2) is 0 Å². The van der Waals surface area contributed by atoms with Crippen molar-refractivity contribution in [3.8, 4) is 11.1 Å². The Morgan fingerprint density at radius 1 is 1.00 bits per heavy atom. The van der Waals surface area contributed by atoms with Gasteiger partial charge < -0.3 is 0 Å². The number of nitro benzene ring substituents is 1. The molecule has 0 fully saturated rings. The van der Waals surface area contributed by atoms with Gasteiger partial charge in [-0.2, -0.15) is 26.3 Å². The average molecular weight is 459 g/mol. The third-order valence-corrected chi connectivity index (χ3v) is 4.27. The first-order chi connectivity index (χ1) is 12.2. The van der Waals surface area contributed by atoms with Crippen molar-refractivity contribution in [2.45, 2.75) is 24.9 Å². The molecule has 0 unspecified atom stereocenters. The van der Waals surface area contributed by atoms with Gasteiger partial charge in [-0.15, -0.1) is 0 Å². The van der Waals surface area contributed by atoms with Gasteiger partial charge in [-0.3, -0.25) is 10.1 Å². The number of alkyl halides is 7. The van der Waals surface area contributed by atoms with Crippen LogP contribution in [-0.4, -0.2) is 17.3 Å². The van der Waals surface area contributed by atoms with E-state index in [9.17, 15) is 40.8 Å². The van der Waals surface area contributed by atoms with Gasteiger partial charge in [0.2, 0.25) is 0 Å². The Bertz CT molecular complexity index is 862. The standard InChI is InChI=1S/C16H8BrF7NO2/c1-8-6-11(14(18,15(19,20)21)16(22,23)24)13(12(17)7-8)9-2-4-10(5-3-9)25(26)27/h2-6H,1H3. The summed E-state index contributed by atoms with van der Waals surface area (Å²) in [5, 5.41) is 10.7. The minimum Gasteiger partial charge on any atom is -0.258 e. The zero-order chi connectivity index (χ0) is 20.8. The summed E-state index contributed by atoms with van der Waals surface area (Å²) in [4.78, 5) is 9.88. The molecule has 145 valence electrons. The second-order valence-corrected chi connectivity index (χ2v) is 6.31. The molecule has 3 nitrogen and oxygen atoms in total. The first-order valence-electron chi connectivity index (χ1n) is 7.00. The van der Waals surface area contributed by atoms with Gasteiger partial charge in [0.25, 0.3) is 5.69 Å². The van der Waals surface area contributed by atoms with Gasteiger partial charge in [-0.25, -0.2) is 4.39 Å². The number of rotatable bonds is 3. The van der Waals surface area contributed by atoms with E-state index in [-0.39, 0.29) is 15.6 Å². The third kappa shape index (κ3) is 3.64. The number of hydrogen-bond donors (Lipinski definition) is 0. The van der Waals surface area contributed by atoms with Crippen LogP contribution in [0.15, 0.2) is 34.8 Å². The highest BCUT2D eigenvalue weighted by molar-refractivity contribution is 9.10. The number of aryl methyl sites for hydroxylation is 1. The highest BCUT2D eigenvalue weighted by atomic mass is 79.9. The lowest BCUT2D eigenvalue weighted by Crippen LogP contribution is -2.50. The molecule has 0 saturated heterocycles. The molecule has 0 heterocycles. The predicted octanol–water partition coefficient (Wildman–Crippen LogP) is 6.42. The quantitative estimate of drug-likeness (QED) is 0.302.